The summed E-state index contributed by atoms with van der Waals surface area (Å²) in [6, 6.07) is 13.6. The Morgan fingerprint density at radius 2 is 1.89 bits per heavy atom. The molecule has 3 amide bonds. The summed E-state index contributed by atoms with van der Waals surface area (Å²) in [5.74, 6) is -0.460. The first-order valence-electron chi connectivity index (χ1n) is 9.35. The third-order valence-corrected chi connectivity index (χ3v) is 5.03. The maximum Gasteiger partial charge on any atom is 0.254 e. The molecule has 0 aromatic heterocycles. The van der Waals surface area contributed by atoms with E-state index in [0.717, 1.165) is 23.6 Å². The lowest BCUT2D eigenvalue weighted by atomic mass is 9.95. The van der Waals surface area contributed by atoms with E-state index in [-0.39, 0.29) is 30.1 Å². The van der Waals surface area contributed by atoms with Crippen molar-refractivity contribution in [3.8, 4) is 0 Å². The van der Waals surface area contributed by atoms with Crippen LogP contribution in [0.15, 0.2) is 42.5 Å². The fourth-order valence-electron chi connectivity index (χ4n) is 3.53. The van der Waals surface area contributed by atoms with Gasteiger partial charge < -0.3 is 15.5 Å². The number of hydrogen-bond donors (Lipinski definition) is 2. The molecule has 0 aliphatic carbocycles. The molecule has 0 saturated carbocycles. The highest BCUT2D eigenvalue weighted by atomic mass is 16.2. The molecule has 1 heterocycles. The summed E-state index contributed by atoms with van der Waals surface area (Å²) in [4.78, 5) is 38.5. The highest BCUT2D eigenvalue weighted by Gasteiger charge is 2.29. The van der Waals surface area contributed by atoms with E-state index in [2.05, 4.69) is 10.6 Å². The van der Waals surface area contributed by atoms with Gasteiger partial charge in [-0.05, 0) is 29.7 Å². The van der Waals surface area contributed by atoms with Gasteiger partial charge in [-0.3, -0.25) is 14.4 Å². The molecule has 6 nitrogen and oxygen atoms in total. The number of likely N-dealkylation sites (tertiary alicyclic amines) is 1. The minimum absolute atomic E-state index is 0.0327. The summed E-state index contributed by atoms with van der Waals surface area (Å²) >= 11 is 0. The largest absolute Gasteiger partial charge is 0.359 e. The molecule has 27 heavy (non-hydrogen) atoms. The van der Waals surface area contributed by atoms with Gasteiger partial charge in [0.05, 0.1) is 5.92 Å². The van der Waals surface area contributed by atoms with Crippen LogP contribution in [0, 0.1) is 5.92 Å². The number of carbonyl (C=O) groups excluding carboxylic acids is 3. The number of amides is 3. The summed E-state index contributed by atoms with van der Waals surface area (Å²) in [6.07, 6.45) is 1.81. The predicted octanol–water partition coefficient (Wildman–Crippen LogP) is 1.94. The number of hydrogen-bond acceptors (Lipinski definition) is 3. The molecule has 3 rings (SSSR count). The summed E-state index contributed by atoms with van der Waals surface area (Å²) in [7, 11) is 1.57. The lowest BCUT2D eigenvalue weighted by molar-refractivity contribution is -0.126. The van der Waals surface area contributed by atoms with Gasteiger partial charge >= 0.3 is 0 Å². The van der Waals surface area contributed by atoms with Gasteiger partial charge in [0.1, 0.15) is 0 Å². The number of fused-ring (bicyclic) bond motifs is 1. The van der Waals surface area contributed by atoms with Crippen LogP contribution in [0.3, 0.4) is 0 Å². The second kappa shape index (κ2) is 8.66. The van der Waals surface area contributed by atoms with Crippen molar-refractivity contribution < 1.29 is 14.4 Å². The molecule has 0 bridgehead atoms. The Hall–Kier alpha value is -2.89. The summed E-state index contributed by atoms with van der Waals surface area (Å²) in [5, 5.41) is 7.30. The maximum absolute atomic E-state index is 13.1. The predicted molar refractivity (Wildman–Crippen MR) is 104 cm³/mol. The fourth-order valence-corrected chi connectivity index (χ4v) is 3.53. The average molecular weight is 367 g/mol. The molecular formula is C21H25N3O3. The number of benzene rings is 2. The number of rotatable bonds is 5. The molecule has 0 unspecified atom stereocenters. The van der Waals surface area contributed by atoms with E-state index >= 15 is 0 Å². The van der Waals surface area contributed by atoms with Crippen molar-refractivity contribution in [1.29, 1.82) is 0 Å². The van der Waals surface area contributed by atoms with Crippen LogP contribution in [0.4, 0.5) is 0 Å². The Kier molecular flexibility index (Phi) is 6.06. The van der Waals surface area contributed by atoms with E-state index in [1.165, 1.54) is 0 Å². The van der Waals surface area contributed by atoms with E-state index in [4.69, 9.17) is 0 Å². The quantitative estimate of drug-likeness (QED) is 0.848. The van der Waals surface area contributed by atoms with Crippen molar-refractivity contribution in [2.24, 2.45) is 5.92 Å². The Bertz CT molecular complexity index is 844. The van der Waals surface area contributed by atoms with Gasteiger partial charge in [0.2, 0.25) is 11.8 Å². The first kappa shape index (κ1) is 18.9. The van der Waals surface area contributed by atoms with Crippen LogP contribution >= 0.6 is 0 Å². The van der Waals surface area contributed by atoms with E-state index in [1.54, 1.807) is 11.9 Å². The summed E-state index contributed by atoms with van der Waals surface area (Å²) in [5.41, 5.74) is 0.675. The highest BCUT2D eigenvalue weighted by Crippen LogP contribution is 2.23. The standard InChI is InChI=1S/C21H25N3O3/c1-22-19(25)11-12-23-20(26)16-8-5-13-24(14-16)21(27)18-10-4-7-15-6-2-3-9-17(15)18/h2-4,6-7,9-10,16H,5,8,11-14H2,1H3,(H,22,25)(H,23,26)/t16-/m0/s1. The Morgan fingerprint density at radius 3 is 2.70 bits per heavy atom. The van der Waals surface area contributed by atoms with Gasteiger partial charge in [0.15, 0.2) is 0 Å². The SMILES string of the molecule is CNC(=O)CCNC(=O)[C@H]1CCCN(C(=O)c2cccc3ccccc23)C1. The molecule has 1 aliphatic rings. The van der Waals surface area contributed by atoms with Gasteiger partial charge in [-0.15, -0.1) is 0 Å². The van der Waals surface area contributed by atoms with Crippen LogP contribution in [0.5, 0.6) is 0 Å². The number of carbonyl (C=O) groups is 3. The van der Waals surface area contributed by atoms with E-state index in [0.29, 0.717) is 25.2 Å². The van der Waals surface area contributed by atoms with E-state index in [9.17, 15) is 14.4 Å². The lowest BCUT2D eigenvalue weighted by Gasteiger charge is -2.32. The molecule has 2 aromatic rings. The second-order valence-corrected chi connectivity index (χ2v) is 6.83. The van der Waals surface area contributed by atoms with E-state index < -0.39 is 0 Å². The van der Waals surface area contributed by atoms with Crippen molar-refractivity contribution in [3.63, 3.8) is 0 Å². The third-order valence-electron chi connectivity index (χ3n) is 5.03. The van der Waals surface area contributed by atoms with Crippen LogP contribution in [0.25, 0.3) is 10.8 Å². The van der Waals surface area contributed by atoms with Crippen molar-refractivity contribution in [2.45, 2.75) is 19.3 Å². The second-order valence-electron chi connectivity index (χ2n) is 6.83. The number of piperidine rings is 1. The molecule has 6 heteroatoms. The number of nitrogens with one attached hydrogen (secondary N) is 2. The van der Waals surface area contributed by atoms with Crippen molar-refractivity contribution in [1.82, 2.24) is 15.5 Å². The van der Waals surface area contributed by atoms with Crippen LogP contribution in [0.2, 0.25) is 0 Å². The normalized spacial score (nSPS) is 16.8. The first-order chi connectivity index (χ1) is 13.1. The molecule has 142 valence electrons. The molecule has 1 fully saturated rings. The smallest absolute Gasteiger partial charge is 0.254 e. The van der Waals surface area contributed by atoms with Crippen molar-refractivity contribution in [2.75, 3.05) is 26.7 Å². The van der Waals surface area contributed by atoms with Gasteiger partial charge in [0.25, 0.3) is 5.91 Å². The topological polar surface area (TPSA) is 78.5 Å². The zero-order valence-electron chi connectivity index (χ0n) is 15.5. The maximum atomic E-state index is 13.1. The van der Waals surface area contributed by atoms with Crippen LogP contribution in [0.1, 0.15) is 29.6 Å². The zero-order valence-corrected chi connectivity index (χ0v) is 15.5. The Balaban J connectivity index is 1.66. The number of nitrogens with zero attached hydrogens (tertiary/aromatic N) is 1. The molecule has 0 radical (unpaired) electrons. The lowest BCUT2D eigenvalue weighted by Crippen LogP contribution is -2.46. The Morgan fingerprint density at radius 1 is 1.11 bits per heavy atom. The fraction of sp³-hybridized carbons (Fsp3) is 0.381. The molecule has 2 aromatic carbocycles. The zero-order chi connectivity index (χ0) is 19.2. The highest BCUT2D eigenvalue weighted by molar-refractivity contribution is 6.07. The van der Waals surface area contributed by atoms with Crippen LogP contribution < -0.4 is 10.6 Å². The van der Waals surface area contributed by atoms with Crippen LogP contribution in [-0.2, 0) is 9.59 Å². The average Bonchev–Trinajstić information content (AvgIpc) is 2.72. The Labute approximate surface area is 158 Å². The molecule has 0 spiro atoms. The monoisotopic (exact) mass is 367 g/mol. The molecular weight excluding hydrogens is 342 g/mol. The summed E-state index contributed by atoms with van der Waals surface area (Å²) in [6.45, 7) is 1.38. The molecule has 1 saturated heterocycles. The molecule has 1 aliphatic heterocycles. The minimum Gasteiger partial charge on any atom is -0.359 e. The van der Waals surface area contributed by atoms with Gasteiger partial charge in [0, 0.05) is 38.7 Å². The third kappa shape index (κ3) is 4.45. The van der Waals surface area contributed by atoms with E-state index in [1.807, 2.05) is 42.5 Å². The first-order valence-corrected chi connectivity index (χ1v) is 9.35. The van der Waals surface area contributed by atoms with Gasteiger partial charge in [-0.25, -0.2) is 0 Å². The van der Waals surface area contributed by atoms with Crippen molar-refractivity contribution in [3.05, 3.63) is 48.0 Å². The van der Waals surface area contributed by atoms with Gasteiger partial charge in [-0.1, -0.05) is 36.4 Å². The summed E-state index contributed by atoms with van der Waals surface area (Å²) < 4.78 is 0. The van der Waals surface area contributed by atoms with Crippen molar-refractivity contribution >= 4 is 28.5 Å². The minimum atomic E-state index is -0.234. The van der Waals surface area contributed by atoms with Crippen LogP contribution in [-0.4, -0.2) is 49.3 Å². The molecule has 1 atom stereocenters. The van der Waals surface area contributed by atoms with Gasteiger partial charge in [-0.2, -0.15) is 0 Å². The molecule has 2 N–H and O–H groups in total.